The lowest BCUT2D eigenvalue weighted by Gasteiger charge is -2.09. The van der Waals surface area contributed by atoms with E-state index in [4.69, 9.17) is 9.47 Å². The van der Waals surface area contributed by atoms with Crippen LogP contribution >= 0.6 is 0 Å². The Labute approximate surface area is 144 Å². The molecule has 0 atom stereocenters. The minimum atomic E-state index is -0.0563. The Bertz CT molecular complexity index is 879. The van der Waals surface area contributed by atoms with Gasteiger partial charge in [-0.3, -0.25) is 0 Å². The molecule has 0 bridgehead atoms. The molecule has 3 rings (SSSR count). The van der Waals surface area contributed by atoms with Crippen molar-refractivity contribution in [3.8, 4) is 28.9 Å². The highest BCUT2D eigenvalue weighted by Crippen LogP contribution is 2.37. The summed E-state index contributed by atoms with van der Waals surface area (Å²) in [4.78, 5) is 4.15. The van der Waals surface area contributed by atoms with Gasteiger partial charge in [0.05, 0.1) is 19.9 Å². The number of pyridine rings is 1. The van der Waals surface area contributed by atoms with Gasteiger partial charge in [-0.25, -0.2) is 4.98 Å². The number of aromatic nitrogens is 3. The van der Waals surface area contributed by atoms with Crippen molar-refractivity contribution in [1.29, 1.82) is 0 Å². The van der Waals surface area contributed by atoms with E-state index in [0.29, 0.717) is 23.0 Å². The number of phenolic OH excluding ortho intramolecular Hbond substituents is 1. The van der Waals surface area contributed by atoms with E-state index in [9.17, 15) is 10.2 Å². The summed E-state index contributed by atoms with van der Waals surface area (Å²) in [5, 5.41) is 24.3. The Morgan fingerprint density at radius 3 is 2.32 bits per heavy atom. The first-order chi connectivity index (χ1) is 12.1. The Morgan fingerprint density at radius 2 is 1.72 bits per heavy atom. The van der Waals surface area contributed by atoms with E-state index in [0.717, 1.165) is 5.56 Å². The zero-order valence-corrected chi connectivity index (χ0v) is 13.7. The first-order valence-corrected chi connectivity index (χ1v) is 7.46. The van der Waals surface area contributed by atoms with E-state index in [1.165, 1.54) is 25.0 Å². The zero-order chi connectivity index (χ0) is 17.8. The molecule has 0 radical (unpaired) electrons. The van der Waals surface area contributed by atoms with Crippen LogP contribution in [0.15, 0.2) is 42.6 Å². The van der Waals surface area contributed by atoms with Gasteiger partial charge >= 0.3 is 0 Å². The molecule has 0 aliphatic rings. The third kappa shape index (κ3) is 3.40. The van der Waals surface area contributed by atoms with Crippen LogP contribution in [0.4, 0.5) is 0 Å². The van der Waals surface area contributed by atoms with Gasteiger partial charge in [-0.05, 0) is 35.9 Å². The number of methoxy groups -OCH3 is 2. The number of hydrogen-bond acceptors (Lipinski definition) is 6. The highest BCUT2D eigenvalue weighted by atomic mass is 16.5. The van der Waals surface area contributed by atoms with Crippen LogP contribution in [0.2, 0.25) is 0 Å². The average Bonchev–Trinajstić information content (AvgIpc) is 3.02. The first kappa shape index (κ1) is 16.4. The zero-order valence-electron chi connectivity index (χ0n) is 13.7. The van der Waals surface area contributed by atoms with Crippen molar-refractivity contribution >= 4 is 12.2 Å². The third-order valence-electron chi connectivity index (χ3n) is 3.52. The van der Waals surface area contributed by atoms with Crippen molar-refractivity contribution in [3.63, 3.8) is 0 Å². The fraction of sp³-hybridized carbons (Fsp3) is 0.111. The van der Waals surface area contributed by atoms with Crippen molar-refractivity contribution in [3.05, 3.63) is 53.9 Å². The molecule has 0 saturated heterocycles. The highest BCUT2D eigenvalue weighted by molar-refractivity contribution is 5.71. The number of hydrogen-bond donors (Lipinski definition) is 2. The van der Waals surface area contributed by atoms with Crippen LogP contribution in [0.3, 0.4) is 0 Å². The van der Waals surface area contributed by atoms with Crippen molar-refractivity contribution < 1.29 is 19.7 Å². The largest absolute Gasteiger partial charge is 0.502 e. The minimum absolute atomic E-state index is 0.0146. The summed E-state index contributed by atoms with van der Waals surface area (Å²) in [7, 11) is 2.93. The van der Waals surface area contributed by atoms with E-state index in [-0.39, 0.29) is 11.6 Å². The molecule has 0 amide bonds. The van der Waals surface area contributed by atoms with E-state index in [1.54, 1.807) is 42.6 Å². The molecular formula is C18H17N3O4. The predicted octanol–water partition coefficient (Wildman–Crippen LogP) is 2.87. The fourth-order valence-electron chi connectivity index (χ4n) is 2.31. The van der Waals surface area contributed by atoms with E-state index < -0.39 is 0 Å². The Kier molecular flexibility index (Phi) is 4.56. The summed E-state index contributed by atoms with van der Waals surface area (Å²) < 4.78 is 11.6. The number of benzene rings is 1. The number of nitrogens with zero attached hydrogens (tertiary/aromatic N) is 3. The van der Waals surface area contributed by atoms with Gasteiger partial charge in [0.2, 0.25) is 11.6 Å². The van der Waals surface area contributed by atoms with Crippen molar-refractivity contribution in [2.75, 3.05) is 14.2 Å². The van der Waals surface area contributed by atoms with Gasteiger partial charge in [-0.15, -0.1) is 0 Å². The molecule has 2 aromatic heterocycles. The van der Waals surface area contributed by atoms with E-state index in [1.807, 2.05) is 6.07 Å². The van der Waals surface area contributed by atoms with Crippen molar-refractivity contribution in [1.82, 2.24) is 14.8 Å². The molecule has 128 valence electrons. The van der Waals surface area contributed by atoms with Gasteiger partial charge in [0, 0.05) is 12.3 Å². The van der Waals surface area contributed by atoms with Gasteiger partial charge in [-0.2, -0.15) is 9.78 Å². The maximum Gasteiger partial charge on any atom is 0.216 e. The summed E-state index contributed by atoms with van der Waals surface area (Å²) >= 11 is 0. The standard InChI is InChI=1S/C18H17N3O4/c1-24-14-9-12(10-15(25-2)18(14)23)6-7-13-11-17(22)21(20-13)16-5-3-4-8-19-16/h3-11,22-23H,1-2H3. The molecule has 2 N–H and O–H groups in total. The second kappa shape index (κ2) is 6.96. The maximum atomic E-state index is 10.0. The van der Waals surface area contributed by atoms with Crippen molar-refractivity contribution in [2.45, 2.75) is 0 Å². The molecule has 25 heavy (non-hydrogen) atoms. The molecule has 0 aliphatic carbocycles. The van der Waals surface area contributed by atoms with Crippen LogP contribution < -0.4 is 9.47 Å². The molecule has 1 aromatic carbocycles. The average molecular weight is 339 g/mol. The molecule has 0 saturated carbocycles. The summed E-state index contributed by atoms with van der Waals surface area (Å²) in [6, 6.07) is 10.2. The maximum absolute atomic E-state index is 10.0. The molecular weight excluding hydrogens is 322 g/mol. The molecule has 7 heteroatoms. The van der Waals surface area contributed by atoms with E-state index >= 15 is 0 Å². The Morgan fingerprint density at radius 1 is 1.00 bits per heavy atom. The minimum Gasteiger partial charge on any atom is -0.502 e. The highest BCUT2D eigenvalue weighted by Gasteiger charge is 2.11. The van der Waals surface area contributed by atoms with Crippen LogP contribution in [0, 0.1) is 0 Å². The molecule has 7 nitrogen and oxygen atoms in total. The second-order valence-corrected chi connectivity index (χ2v) is 5.13. The van der Waals surface area contributed by atoms with Gasteiger partial charge in [-0.1, -0.05) is 12.1 Å². The number of aromatic hydroxyl groups is 2. The third-order valence-corrected chi connectivity index (χ3v) is 3.52. The SMILES string of the molecule is COc1cc(C=Cc2cc(O)n(-c3ccccn3)n2)cc(OC)c1O. The topological polar surface area (TPSA) is 89.6 Å². The number of phenols is 1. The van der Waals surface area contributed by atoms with Crippen molar-refractivity contribution in [2.24, 2.45) is 0 Å². The molecule has 0 spiro atoms. The Balaban J connectivity index is 1.91. The lowest BCUT2D eigenvalue weighted by atomic mass is 10.1. The number of ether oxygens (including phenoxy) is 2. The van der Waals surface area contributed by atoms with E-state index in [2.05, 4.69) is 10.1 Å². The lowest BCUT2D eigenvalue weighted by Crippen LogP contribution is -1.98. The van der Waals surface area contributed by atoms with Gasteiger partial charge in [0.15, 0.2) is 17.3 Å². The number of rotatable bonds is 5. The molecule has 2 heterocycles. The first-order valence-electron chi connectivity index (χ1n) is 7.46. The summed E-state index contributed by atoms with van der Waals surface area (Å²) in [5.74, 6) is 1.06. The van der Waals surface area contributed by atoms with Crippen LogP contribution in [0.5, 0.6) is 23.1 Å². The van der Waals surface area contributed by atoms with Crippen LogP contribution in [0.25, 0.3) is 18.0 Å². The summed E-state index contributed by atoms with van der Waals surface area (Å²) in [6.07, 6.45) is 5.13. The predicted molar refractivity (Wildman–Crippen MR) is 93.2 cm³/mol. The summed E-state index contributed by atoms with van der Waals surface area (Å²) in [5.41, 5.74) is 1.30. The fourth-order valence-corrected chi connectivity index (χ4v) is 2.31. The molecule has 3 aromatic rings. The smallest absolute Gasteiger partial charge is 0.216 e. The van der Waals surface area contributed by atoms with Gasteiger partial charge < -0.3 is 19.7 Å². The molecule has 0 unspecified atom stereocenters. The monoisotopic (exact) mass is 339 g/mol. The molecule has 0 fully saturated rings. The van der Waals surface area contributed by atoms with Crippen LogP contribution in [-0.2, 0) is 0 Å². The summed E-state index contributed by atoms with van der Waals surface area (Å²) in [6.45, 7) is 0. The van der Waals surface area contributed by atoms with Crippen LogP contribution in [0.1, 0.15) is 11.3 Å². The van der Waals surface area contributed by atoms with Gasteiger partial charge in [0.1, 0.15) is 0 Å². The lowest BCUT2D eigenvalue weighted by molar-refractivity contribution is 0.340. The van der Waals surface area contributed by atoms with Gasteiger partial charge in [0.25, 0.3) is 0 Å². The Hall–Kier alpha value is -3.48. The van der Waals surface area contributed by atoms with Crippen LogP contribution in [-0.4, -0.2) is 39.2 Å². The quantitative estimate of drug-likeness (QED) is 0.743. The molecule has 0 aliphatic heterocycles. The normalized spacial score (nSPS) is 11.0. The second-order valence-electron chi connectivity index (χ2n) is 5.13.